The summed E-state index contributed by atoms with van der Waals surface area (Å²) < 4.78 is 16.5. The highest BCUT2D eigenvalue weighted by Gasteiger charge is 2.20. The lowest BCUT2D eigenvalue weighted by Gasteiger charge is -2.09. The molecular formula is C25H26O5. The maximum atomic E-state index is 12.2. The molecule has 0 atom stereocenters. The Hall–Kier alpha value is -3.08. The molecule has 5 nitrogen and oxygen atoms in total. The van der Waals surface area contributed by atoms with Gasteiger partial charge in [-0.3, -0.25) is 4.79 Å². The van der Waals surface area contributed by atoms with Crippen molar-refractivity contribution < 1.29 is 18.7 Å². The number of benzene rings is 2. The monoisotopic (exact) mass is 406 g/mol. The number of carbonyl (C=O) groups is 1. The van der Waals surface area contributed by atoms with Crippen molar-refractivity contribution in [3.63, 3.8) is 0 Å². The van der Waals surface area contributed by atoms with Crippen molar-refractivity contribution in [1.29, 1.82) is 0 Å². The Morgan fingerprint density at radius 2 is 1.77 bits per heavy atom. The molecule has 0 spiro atoms. The van der Waals surface area contributed by atoms with Crippen LogP contribution in [0.25, 0.3) is 11.0 Å². The van der Waals surface area contributed by atoms with E-state index in [1.807, 2.05) is 18.2 Å². The van der Waals surface area contributed by atoms with Crippen molar-refractivity contribution in [2.45, 2.75) is 51.9 Å². The Morgan fingerprint density at radius 1 is 1.03 bits per heavy atom. The second-order valence-electron chi connectivity index (χ2n) is 8.01. The minimum Gasteiger partial charge on any atom is -0.494 e. The van der Waals surface area contributed by atoms with Crippen molar-refractivity contribution in [3.8, 4) is 11.5 Å². The molecule has 0 bridgehead atoms. The summed E-state index contributed by atoms with van der Waals surface area (Å²) in [6, 6.07) is 13.3. The first-order valence-electron chi connectivity index (χ1n) is 10.5. The van der Waals surface area contributed by atoms with Crippen LogP contribution in [0.2, 0.25) is 0 Å². The summed E-state index contributed by atoms with van der Waals surface area (Å²) in [4.78, 5) is 24.3. The maximum Gasteiger partial charge on any atom is 0.339 e. The number of carbonyl (C=O) groups excluding carboxylic acids is 1. The van der Waals surface area contributed by atoms with E-state index in [2.05, 4.69) is 26.0 Å². The number of aryl methyl sites for hydroxylation is 1. The third-order valence-electron chi connectivity index (χ3n) is 5.52. The van der Waals surface area contributed by atoms with E-state index in [4.69, 9.17) is 13.9 Å². The van der Waals surface area contributed by atoms with Gasteiger partial charge in [0.2, 0.25) is 0 Å². The van der Waals surface area contributed by atoms with Crippen LogP contribution in [-0.4, -0.2) is 12.6 Å². The zero-order valence-electron chi connectivity index (χ0n) is 17.4. The molecule has 0 amide bonds. The summed E-state index contributed by atoms with van der Waals surface area (Å²) in [6.07, 6.45) is 3.43. The summed E-state index contributed by atoms with van der Waals surface area (Å²) in [5.41, 5.74) is 3.31. The number of hydrogen-bond donors (Lipinski definition) is 0. The molecule has 156 valence electrons. The first-order valence-corrected chi connectivity index (χ1v) is 10.5. The first kappa shape index (κ1) is 20.2. The molecule has 0 saturated heterocycles. The summed E-state index contributed by atoms with van der Waals surface area (Å²) >= 11 is 0. The van der Waals surface area contributed by atoms with Gasteiger partial charge in [-0.15, -0.1) is 0 Å². The van der Waals surface area contributed by atoms with E-state index in [1.54, 1.807) is 12.1 Å². The Kier molecular flexibility index (Phi) is 5.88. The Balaban J connectivity index is 1.30. The zero-order valence-corrected chi connectivity index (χ0v) is 17.4. The van der Waals surface area contributed by atoms with Gasteiger partial charge in [-0.25, -0.2) is 4.79 Å². The predicted octanol–water partition coefficient (Wildman–Crippen LogP) is 5.17. The van der Waals surface area contributed by atoms with Gasteiger partial charge < -0.3 is 13.9 Å². The van der Waals surface area contributed by atoms with Crippen molar-refractivity contribution >= 4 is 16.9 Å². The van der Waals surface area contributed by atoms with Crippen LogP contribution in [0.5, 0.6) is 11.5 Å². The van der Waals surface area contributed by atoms with Gasteiger partial charge in [0.1, 0.15) is 17.1 Å². The number of esters is 1. The molecule has 30 heavy (non-hydrogen) atoms. The van der Waals surface area contributed by atoms with Gasteiger partial charge in [0.15, 0.2) is 0 Å². The fourth-order valence-electron chi connectivity index (χ4n) is 3.87. The third-order valence-corrected chi connectivity index (χ3v) is 5.52. The second-order valence-corrected chi connectivity index (χ2v) is 8.01. The lowest BCUT2D eigenvalue weighted by molar-refractivity contribution is -0.134. The van der Waals surface area contributed by atoms with Crippen LogP contribution in [0, 0.1) is 0 Å². The van der Waals surface area contributed by atoms with E-state index in [9.17, 15) is 9.59 Å². The van der Waals surface area contributed by atoms with Gasteiger partial charge in [-0.2, -0.15) is 0 Å². The number of rotatable bonds is 7. The molecule has 0 unspecified atom stereocenters. The summed E-state index contributed by atoms with van der Waals surface area (Å²) in [6.45, 7) is 4.74. The van der Waals surface area contributed by atoms with Gasteiger partial charge in [0.25, 0.3) is 0 Å². The highest BCUT2D eigenvalue weighted by atomic mass is 16.5. The lowest BCUT2D eigenvalue weighted by Crippen LogP contribution is -2.10. The van der Waals surface area contributed by atoms with E-state index in [0.717, 1.165) is 41.5 Å². The smallest absolute Gasteiger partial charge is 0.339 e. The van der Waals surface area contributed by atoms with Crippen molar-refractivity contribution in [2.75, 3.05) is 6.61 Å². The number of hydrogen-bond acceptors (Lipinski definition) is 5. The number of fused-ring (bicyclic) bond motifs is 3. The normalized spacial score (nSPS) is 12.9. The molecule has 1 aliphatic rings. The molecule has 5 heteroatoms. The predicted molar refractivity (Wildman–Crippen MR) is 115 cm³/mol. The van der Waals surface area contributed by atoms with Gasteiger partial charge in [-0.05, 0) is 67.0 Å². The standard InChI is InChI=1S/C25H26O5/c1-16(2)17-8-10-18(11-9-17)28-14-4-7-24(26)29-19-12-13-21-20-5-3-6-22(20)25(27)30-23(21)15-19/h8-13,15-16H,3-7,14H2,1-2H3. The summed E-state index contributed by atoms with van der Waals surface area (Å²) in [5, 5.41) is 0.929. The average molecular weight is 406 g/mol. The molecule has 2 aromatic carbocycles. The Morgan fingerprint density at radius 3 is 2.53 bits per heavy atom. The summed E-state index contributed by atoms with van der Waals surface area (Å²) in [5.74, 6) is 1.33. The highest BCUT2D eigenvalue weighted by Crippen LogP contribution is 2.29. The van der Waals surface area contributed by atoms with E-state index < -0.39 is 0 Å². The molecule has 0 N–H and O–H groups in total. The fraction of sp³-hybridized carbons (Fsp3) is 0.360. The molecule has 1 aliphatic carbocycles. The molecule has 0 saturated carbocycles. The van der Waals surface area contributed by atoms with Gasteiger partial charge in [-0.1, -0.05) is 26.0 Å². The minimum absolute atomic E-state index is 0.246. The van der Waals surface area contributed by atoms with Crippen LogP contribution in [-0.2, 0) is 17.6 Å². The van der Waals surface area contributed by atoms with Crippen LogP contribution >= 0.6 is 0 Å². The number of ether oxygens (including phenoxy) is 2. The highest BCUT2D eigenvalue weighted by molar-refractivity contribution is 5.84. The van der Waals surface area contributed by atoms with Crippen LogP contribution in [0.3, 0.4) is 0 Å². The lowest BCUT2D eigenvalue weighted by atomic mass is 10.0. The van der Waals surface area contributed by atoms with Crippen molar-refractivity contribution in [2.24, 2.45) is 0 Å². The maximum absolute atomic E-state index is 12.2. The molecule has 0 radical (unpaired) electrons. The molecule has 3 aromatic rings. The summed E-state index contributed by atoms with van der Waals surface area (Å²) in [7, 11) is 0. The van der Waals surface area contributed by atoms with Crippen LogP contribution in [0.15, 0.2) is 51.7 Å². The van der Waals surface area contributed by atoms with Gasteiger partial charge >= 0.3 is 11.6 Å². The molecule has 4 rings (SSSR count). The first-order chi connectivity index (χ1) is 14.5. The largest absolute Gasteiger partial charge is 0.494 e. The Labute approximate surface area is 175 Å². The van der Waals surface area contributed by atoms with E-state index in [-0.39, 0.29) is 18.0 Å². The fourth-order valence-corrected chi connectivity index (χ4v) is 3.87. The quantitative estimate of drug-likeness (QED) is 0.234. The van der Waals surface area contributed by atoms with E-state index >= 15 is 0 Å². The van der Waals surface area contributed by atoms with E-state index in [1.165, 1.54) is 5.56 Å². The van der Waals surface area contributed by atoms with Crippen LogP contribution < -0.4 is 15.1 Å². The average Bonchev–Trinajstić information content (AvgIpc) is 3.22. The zero-order chi connectivity index (χ0) is 21.1. The SMILES string of the molecule is CC(C)c1ccc(OCCCC(=O)Oc2ccc3c4c(c(=O)oc3c2)CCC4)cc1. The van der Waals surface area contributed by atoms with Crippen LogP contribution in [0.4, 0.5) is 0 Å². The molecule has 0 fully saturated rings. The van der Waals surface area contributed by atoms with Crippen molar-refractivity contribution in [1.82, 2.24) is 0 Å². The van der Waals surface area contributed by atoms with E-state index in [0.29, 0.717) is 30.3 Å². The van der Waals surface area contributed by atoms with Gasteiger partial charge in [0, 0.05) is 23.4 Å². The second kappa shape index (κ2) is 8.74. The third kappa shape index (κ3) is 4.40. The van der Waals surface area contributed by atoms with Crippen LogP contribution in [0.1, 0.15) is 55.7 Å². The minimum atomic E-state index is -0.336. The topological polar surface area (TPSA) is 65.7 Å². The molecule has 0 aliphatic heterocycles. The Bertz CT molecular complexity index is 1110. The molecular weight excluding hydrogens is 380 g/mol. The molecule has 1 heterocycles. The van der Waals surface area contributed by atoms with Crippen molar-refractivity contribution in [3.05, 3.63) is 69.6 Å². The van der Waals surface area contributed by atoms with Gasteiger partial charge in [0.05, 0.1) is 6.61 Å². The molecule has 1 aromatic heterocycles.